The van der Waals surface area contributed by atoms with Gasteiger partial charge in [-0.25, -0.2) is 14.2 Å². The maximum atomic E-state index is 13.4. The summed E-state index contributed by atoms with van der Waals surface area (Å²) in [6.07, 6.45) is 1.37. The van der Waals surface area contributed by atoms with Crippen molar-refractivity contribution in [1.82, 2.24) is 4.98 Å². The van der Waals surface area contributed by atoms with E-state index in [0.29, 0.717) is 5.56 Å². The van der Waals surface area contributed by atoms with Crippen LogP contribution >= 0.6 is 0 Å². The number of benzene rings is 1. The van der Waals surface area contributed by atoms with Crippen LogP contribution in [-0.4, -0.2) is 16.1 Å². The molecule has 0 saturated heterocycles. The number of halogens is 1. The van der Waals surface area contributed by atoms with E-state index in [-0.39, 0.29) is 17.2 Å². The topological polar surface area (TPSA) is 59.4 Å². The fourth-order valence-corrected chi connectivity index (χ4v) is 1.50. The molecule has 1 aromatic heterocycles. The Morgan fingerprint density at radius 3 is 2.78 bits per heavy atom. The minimum Gasteiger partial charge on any atom is -0.478 e. The van der Waals surface area contributed by atoms with E-state index in [1.54, 1.807) is 19.1 Å². The second kappa shape index (κ2) is 4.83. The van der Waals surface area contributed by atoms with Crippen molar-refractivity contribution in [3.05, 3.63) is 53.5 Å². The highest BCUT2D eigenvalue weighted by atomic mass is 19.1. The van der Waals surface area contributed by atoms with Gasteiger partial charge >= 0.3 is 5.97 Å². The van der Waals surface area contributed by atoms with E-state index in [9.17, 15) is 9.18 Å². The molecule has 5 heteroatoms. The van der Waals surface area contributed by atoms with Crippen LogP contribution in [0, 0.1) is 12.7 Å². The molecule has 0 aliphatic heterocycles. The standard InChI is InChI=1S/C13H10FNO3/c1-8-4-2-5-9(13(16)17)11(8)18-12-10(14)6-3-7-15-12/h2-7H,1H3,(H,16,17). The highest BCUT2D eigenvalue weighted by Crippen LogP contribution is 2.29. The zero-order valence-corrected chi connectivity index (χ0v) is 9.55. The van der Waals surface area contributed by atoms with Gasteiger partial charge in [0.15, 0.2) is 5.82 Å². The number of ether oxygens (including phenoxy) is 1. The fourth-order valence-electron chi connectivity index (χ4n) is 1.50. The number of rotatable bonds is 3. The molecule has 0 saturated carbocycles. The number of carboxylic acids is 1. The number of aryl methyl sites for hydroxylation is 1. The highest BCUT2D eigenvalue weighted by Gasteiger charge is 2.16. The number of hydrogen-bond donors (Lipinski definition) is 1. The zero-order chi connectivity index (χ0) is 13.1. The maximum absolute atomic E-state index is 13.4. The number of aromatic nitrogens is 1. The van der Waals surface area contributed by atoms with Gasteiger partial charge in [-0.15, -0.1) is 0 Å². The van der Waals surface area contributed by atoms with Crippen LogP contribution in [-0.2, 0) is 0 Å². The Bertz CT molecular complexity index is 599. The summed E-state index contributed by atoms with van der Waals surface area (Å²) in [5.74, 6) is -1.92. The lowest BCUT2D eigenvalue weighted by atomic mass is 10.1. The van der Waals surface area contributed by atoms with Crippen molar-refractivity contribution in [2.75, 3.05) is 0 Å². The molecule has 0 bridgehead atoms. The lowest BCUT2D eigenvalue weighted by Crippen LogP contribution is -2.02. The van der Waals surface area contributed by atoms with Crippen LogP contribution in [0.2, 0.25) is 0 Å². The number of carbonyl (C=O) groups is 1. The SMILES string of the molecule is Cc1cccc(C(=O)O)c1Oc1ncccc1F. The highest BCUT2D eigenvalue weighted by molar-refractivity contribution is 5.91. The number of hydrogen-bond acceptors (Lipinski definition) is 3. The monoisotopic (exact) mass is 247 g/mol. The van der Waals surface area contributed by atoms with Gasteiger partial charge in [0.1, 0.15) is 11.3 Å². The van der Waals surface area contributed by atoms with Crippen LogP contribution in [0.3, 0.4) is 0 Å². The Kier molecular flexibility index (Phi) is 3.23. The number of para-hydroxylation sites is 1. The molecular formula is C13H10FNO3. The molecule has 2 rings (SSSR count). The number of aromatic carboxylic acids is 1. The molecule has 92 valence electrons. The minimum absolute atomic E-state index is 0.0277. The molecular weight excluding hydrogens is 237 g/mol. The fraction of sp³-hybridized carbons (Fsp3) is 0.0769. The molecule has 0 aliphatic carbocycles. The molecule has 0 aliphatic rings. The normalized spacial score (nSPS) is 10.1. The van der Waals surface area contributed by atoms with E-state index in [2.05, 4.69) is 4.98 Å². The summed E-state index contributed by atoms with van der Waals surface area (Å²) in [4.78, 5) is 14.8. The van der Waals surface area contributed by atoms with Crippen molar-refractivity contribution in [2.45, 2.75) is 6.92 Å². The predicted molar refractivity (Wildman–Crippen MR) is 62.4 cm³/mol. The summed E-state index contributed by atoms with van der Waals surface area (Å²) < 4.78 is 18.7. The zero-order valence-electron chi connectivity index (χ0n) is 9.55. The van der Waals surface area contributed by atoms with Crippen molar-refractivity contribution in [3.63, 3.8) is 0 Å². The van der Waals surface area contributed by atoms with E-state index in [4.69, 9.17) is 9.84 Å². The molecule has 18 heavy (non-hydrogen) atoms. The quantitative estimate of drug-likeness (QED) is 0.905. The Hall–Kier alpha value is -2.43. The Balaban J connectivity index is 2.46. The molecule has 0 fully saturated rings. The second-order valence-electron chi connectivity index (χ2n) is 3.65. The van der Waals surface area contributed by atoms with Crippen molar-refractivity contribution >= 4 is 5.97 Å². The Labute approximate surface area is 103 Å². The van der Waals surface area contributed by atoms with E-state index < -0.39 is 11.8 Å². The van der Waals surface area contributed by atoms with Crippen molar-refractivity contribution in [2.24, 2.45) is 0 Å². The van der Waals surface area contributed by atoms with Gasteiger partial charge in [0.25, 0.3) is 5.88 Å². The summed E-state index contributed by atoms with van der Waals surface area (Å²) in [7, 11) is 0. The van der Waals surface area contributed by atoms with Gasteiger partial charge in [-0.3, -0.25) is 0 Å². The minimum atomic E-state index is -1.13. The third kappa shape index (κ3) is 2.29. The molecule has 0 amide bonds. The summed E-state index contributed by atoms with van der Waals surface area (Å²) in [5.41, 5.74) is 0.569. The summed E-state index contributed by atoms with van der Waals surface area (Å²) in [5, 5.41) is 9.04. The van der Waals surface area contributed by atoms with Gasteiger partial charge in [0.05, 0.1) is 0 Å². The van der Waals surface area contributed by atoms with Gasteiger partial charge in [-0.05, 0) is 30.7 Å². The van der Waals surface area contributed by atoms with Crippen LogP contribution in [0.15, 0.2) is 36.5 Å². The van der Waals surface area contributed by atoms with E-state index in [1.165, 1.54) is 24.4 Å². The average molecular weight is 247 g/mol. The number of pyridine rings is 1. The third-order valence-electron chi connectivity index (χ3n) is 2.37. The third-order valence-corrected chi connectivity index (χ3v) is 2.37. The molecule has 4 nitrogen and oxygen atoms in total. The summed E-state index contributed by atoms with van der Waals surface area (Å²) >= 11 is 0. The van der Waals surface area contributed by atoms with Crippen molar-refractivity contribution in [1.29, 1.82) is 0 Å². The first-order chi connectivity index (χ1) is 8.59. The lowest BCUT2D eigenvalue weighted by Gasteiger charge is -2.10. The first kappa shape index (κ1) is 12.0. The lowest BCUT2D eigenvalue weighted by molar-refractivity contribution is 0.0693. The van der Waals surface area contributed by atoms with Crippen LogP contribution in [0.4, 0.5) is 4.39 Å². The number of nitrogens with zero attached hydrogens (tertiary/aromatic N) is 1. The molecule has 0 spiro atoms. The molecule has 0 unspecified atom stereocenters. The van der Waals surface area contributed by atoms with Gasteiger partial charge in [0.2, 0.25) is 0 Å². The van der Waals surface area contributed by atoms with Crippen LogP contribution in [0.25, 0.3) is 0 Å². The van der Waals surface area contributed by atoms with E-state index >= 15 is 0 Å². The summed E-state index contributed by atoms with van der Waals surface area (Å²) in [6.45, 7) is 1.68. The average Bonchev–Trinajstić information content (AvgIpc) is 2.34. The smallest absolute Gasteiger partial charge is 0.339 e. The predicted octanol–water partition coefficient (Wildman–Crippen LogP) is 3.02. The Morgan fingerprint density at radius 2 is 2.11 bits per heavy atom. The first-order valence-electron chi connectivity index (χ1n) is 5.21. The number of carboxylic acid groups (broad SMARTS) is 1. The summed E-state index contributed by atoms with van der Waals surface area (Å²) in [6, 6.07) is 7.30. The van der Waals surface area contributed by atoms with Gasteiger partial charge in [0, 0.05) is 6.20 Å². The van der Waals surface area contributed by atoms with Crippen LogP contribution in [0.5, 0.6) is 11.6 Å². The molecule has 1 aromatic carbocycles. The van der Waals surface area contributed by atoms with Gasteiger partial charge in [-0.1, -0.05) is 12.1 Å². The van der Waals surface area contributed by atoms with Gasteiger partial charge < -0.3 is 9.84 Å². The molecule has 1 heterocycles. The van der Waals surface area contributed by atoms with E-state index in [1.807, 2.05) is 0 Å². The molecule has 0 atom stereocenters. The van der Waals surface area contributed by atoms with Crippen molar-refractivity contribution in [3.8, 4) is 11.6 Å². The Morgan fingerprint density at radius 1 is 1.33 bits per heavy atom. The first-order valence-corrected chi connectivity index (χ1v) is 5.21. The molecule has 0 radical (unpaired) electrons. The van der Waals surface area contributed by atoms with Gasteiger partial charge in [-0.2, -0.15) is 0 Å². The maximum Gasteiger partial charge on any atom is 0.339 e. The largest absolute Gasteiger partial charge is 0.478 e. The van der Waals surface area contributed by atoms with Crippen LogP contribution in [0.1, 0.15) is 15.9 Å². The van der Waals surface area contributed by atoms with Crippen LogP contribution < -0.4 is 4.74 Å². The van der Waals surface area contributed by atoms with Crippen molar-refractivity contribution < 1.29 is 19.0 Å². The van der Waals surface area contributed by atoms with E-state index in [0.717, 1.165) is 0 Å². The second-order valence-corrected chi connectivity index (χ2v) is 3.65. The molecule has 1 N–H and O–H groups in total. The molecule has 2 aromatic rings.